The zero-order chi connectivity index (χ0) is 13.4. The molecule has 0 radical (unpaired) electrons. The minimum Gasteiger partial charge on any atom is -0.497 e. The lowest BCUT2D eigenvalue weighted by molar-refractivity contribution is 0.135. The standard InChI is InChI=1S/C14H24N2O2/c1-16(2)11-13(17)10-15-9-8-12-4-6-14(18-3)7-5-12/h4-7,13,15,17H,8-11H2,1-3H3. The molecule has 1 atom stereocenters. The summed E-state index contributed by atoms with van der Waals surface area (Å²) in [4.78, 5) is 1.98. The van der Waals surface area contributed by atoms with Crippen molar-refractivity contribution >= 4 is 0 Å². The minimum atomic E-state index is -0.309. The van der Waals surface area contributed by atoms with E-state index in [9.17, 15) is 5.11 Å². The topological polar surface area (TPSA) is 44.7 Å². The molecule has 0 heterocycles. The third-order valence-corrected chi connectivity index (χ3v) is 2.71. The van der Waals surface area contributed by atoms with Gasteiger partial charge < -0.3 is 20.1 Å². The molecule has 2 N–H and O–H groups in total. The van der Waals surface area contributed by atoms with Crippen LogP contribution in [-0.2, 0) is 6.42 Å². The average molecular weight is 252 g/mol. The maximum Gasteiger partial charge on any atom is 0.118 e. The fourth-order valence-electron chi connectivity index (χ4n) is 1.78. The maximum absolute atomic E-state index is 9.66. The minimum absolute atomic E-state index is 0.309. The molecule has 0 aromatic heterocycles. The summed E-state index contributed by atoms with van der Waals surface area (Å²) in [6, 6.07) is 8.07. The molecular formula is C14H24N2O2. The van der Waals surface area contributed by atoms with Gasteiger partial charge in [-0.05, 0) is 44.8 Å². The van der Waals surface area contributed by atoms with E-state index in [-0.39, 0.29) is 6.10 Å². The van der Waals surface area contributed by atoms with Crippen LogP contribution in [0.3, 0.4) is 0 Å². The summed E-state index contributed by atoms with van der Waals surface area (Å²) in [5, 5.41) is 12.9. The van der Waals surface area contributed by atoms with Crippen LogP contribution in [0.25, 0.3) is 0 Å². The summed E-state index contributed by atoms with van der Waals surface area (Å²) in [6.45, 7) is 2.20. The Bertz CT molecular complexity index is 325. The van der Waals surface area contributed by atoms with Crippen molar-refractivity contribution in [1.29, 1.82) is 0 Å². The number of hydrogen-bond acceptors (Lipinski definition) is 4. The first-order chi connectivity index (χ1) is 8.61. The molecule has 0 saturated carbocycles. The van der Waals surface area contributed by atoms with Crippen LogP contribution in [0.1, 0.15) is 5.56 Å². The molecule has 1 unspecified atom stereocenters. The van der Waals surface area contributed by atoms with Gasteiger partial charge >= 0.3 is 0 Å². The van der Waals surface area contributed by atoms with E-state index in [1.165, 1.54) is 5.56 Å². The molecule has 0 aliphatic heterocycles. The predicted molar refractivity (Wildman–Crippen MR) is 74.1 cm³/mol. The zero-order valence-electron chi connectivity index (χ0n) is 11.5. The van der Waals surface area contributed by atoms with E-state index >= 15 is 0 Å². The molecule has 0 saturated heterocycles. The largest absolute Gasteiger partial charge is 0.497 e. The van der Waals surface area contributed by atoms with Gasteiger partial charge in [0.05, 0.1) is 13.2 Å². The second-order valence-electron chi connectivity index (χ2n) is 4.72. The second-order valence-corrected chi connectivity index (χ2v) is 4.72. The summed E-state index contributed by atoms with van der Waals surface area (Å²) in [6.07, 6.45) is 0.648. The number of rotatable bonds is 8. The molecule has 4 nitrogen and oxygen atoms in total. The lowest BCUT2D eigenvalue weighted by atomic mass is 10.1. The highest BCUT2D eigenvalue weighted by molar-refractivity contribution is 5.27. The maximum atomic E-state index is 9.66. The first-order valence-corrected chi connectivity index (χ1v) is 6.28. The van der Waals surface area contributed by atoms with Gasteiger partial charge in [-0.25, -0.2) is 0 Å². The Hall–Kier alpha value is -1.10. The van der Waals surface area contributed by atoms with Crippen LogP contribution in [-0.4, -0.2) is 56.9 Å². The first-order valence-electron chi connectivity index (χ1n) is 6.28. The Balaban J connectivity index is 2.17. The molecule has 0 aliphatic rings. The van der Waals surface area contributed by atoms with E-state index in [1.54, 1.807) is 7.11 Å². The van der Waals surface area contributed by atoms with Crippen molar-refractivity contribution in [3.8, 4) is 5.75 Å². The molecule has 1 rings (SSSR count). The van der Waals surface area contributed by atoms with Gasteiger partial charge in [-0.15, -0.1) is 0 Å². The van der Waals surface area contributed by atoms with Crippen LogP contribution in [0, 0.1) is 0 Å². The third kappa shape index (κ3) is 6.00. The van der Waals surface area contributed by atoms with Gasteiger partial charge in [-0.2, -0.15) is 0 Å². The number of hydrogen-bond donors (Lipinski definition) is 2. The molecule has 18 heavy (non-hydrogen) atoms. The molecule has 4 heteroatoms. The van der Waals surface area contributed by atoms with Gasteiger partial charge in [-0.1, -0.05) is 12.1 Å². The fraction of sp³-hybridized carbons (Fsp3) is 0.571. The van der Waals surface area contributed by atoms with Gasteiger partial charge in [0.25, 0.3) is 0 Å². The van der Waals surface area contributed by atoms with Crippen LogP contribution in [0.5, 0.6) is 5.75 Å². The Morgan fingerprint density at radius 2 is 1.94 bits per heavy atom. The Morgan fingerprint density at radius 3 is 2.50 bits per heavy atom. The summed E-state index contributed by atoms with van der Waals surface area (Å²) in [5.74, 6) is 0.883. The molecule has 0 amide bonds. The molecule has 0 aliphatic carbocycles. The van der Waals surface area contributed by atoms with Crippen molar-refractivity contribution in [3.63, 3.8) is 0 Å². The van der Waals surface area contributed by atoms with Crippen LogP contribution >= 0.6 is 0 Å². The SMILES string of the molecule is COc1ccc(CCNCC(O)CN(C)C)cc1. The highest BCUT2D eigenvalue weighted by atomic mass is 16.5. The van der Waals surface area contributed by atoms with Gasteiger partial charge in [0.2, 0.25) is 0 Å². The van der Waals surface area contributed by atoms with Crippen LogP contribution in [0.4, 0.5) is 0 Å². The lowest BCUT2D eigenvalue weighted by Gasteiger charge is -2.16. The number of benzene rings is 1. The van der Waals surface area contributed by atoms with Crippen LogP contribution < -0.4 is 10.1 Å². The number of nitrogens with one attached hydrogen (secondary N) is 1. The number of methoxy groups -OCH3 is 1. The summed E-state index contributed by atoms with van der Waals surface area (Å²) in [5.41, 5.74) is 1.27. The molecule has 1 aromatic carbocycles. The van der Waals surface area contributed by atoms with E-state index in [0.29, 0.717) is 13.1 Å². The number of aliphatic hydroxyl groups is 1. The van der Waals surface area contributed by atoms with Gasteiger partial charge in [0, 0.05) is 13.1 Å². The van der Waals surface area contributed by atoms with Crippen molar-refractivity contribution in [2.75, 3.05) is 40.8 Å². The number of nitrogens with zero attached hydrogens (tertiary/aromatic N) is 1. The molecule has 0 fully saturated rings. The van der Waals surface area contributed by atoms with Crippen molar-refractivity contribution in [2.24, 2.45) is 0 Å². The van der Waals surface area contributed by atoms with Crippen molar-refractivity contribution < 1.29 is 9.84 Å². The lowest BCUT2D eigenvalue weighted by Crippen LogP contribution is -2.35. The van der Waals surface area contributed by atoms with Crippen molar-refractivity contribution in [3.05, 3.63) is 29.8 Å². The average Bonchev–Trinajstić information content (AvgIpc) is 2.34. The molecule has 0 bridgehead atoms. The number of likely N-dealkylation sites (N-methyl/N-ethyl adjacent to an activating group) is 1. The Kier molecular flexibility index (Phi) is 6.72. The van der Waals surface area contributed by atoms with E-state index in [1.807, 2.05) is 31.1 Å². The summed E-state index contributed by atoms with van der Waals surface area (Å²) >= 11 is 0. The number of ether oxygens (including phenoxy) is 1. The number of aliphatic hydroxyl groups excluding tert-OH is 1. The molecule has 1 aromatic rings. The van der Waals surface area contributed by atoms with E-state index < -0.39 is 0 Å². The van der Waals surface area contributed by atoms with E-state index in [0.717, 1.165) is 18.7 Å². The monoisotopic (exact) mass is 252 g/mol. The zero-order valence-corrected chi connectivity index (χ0v) is 11.5. The van der Waals surface area contributed by atoms with Gasteiger partial charge in [0.1, 0.15) is 5.75 Å². The molecular weight excluding hydrogens is 228 g/mol. The molecule has 0 spiro atoms. The van der Waals surface area contributed by atoms with Gasteiger partial charge in [-0.3, -0.25) is 0 Å². The molecule has 102 valence electrons. The van der Waals surface area contributed by atoms with E-state index in [2.05, 4.69) is 17.4 Å². The van der Waals surface area contributed by atoms with Crippen LogP contribution in [0.2, 0.25) is 0 Å². The Labute approximate surface area is 110 Å². The van der Waals surface area contributed by atoms with Crippen molar-refractivity contribution in [1.82, 2.24) is 10.2 Å². The van der Waals surface area contributed by atoms with Gasteiger partial charge in [0.15, 0.2) is 0 Å². The second kappa shape index (κ2) is 8.08. The summed E-state index contributed by atoms with van der Waals surface area (Å²) < 4.78 is 5.11. The van der Waals surface area contributed by atoms with Crippen molar-refractivity contribution in [2.45, 2.75) is 12.5 Å². The quantitative estimate of drug-likeness (QED) is 0.670. The Morgan fingerprint density at radius 1 is 1.28 bits per heavy atom. The fourth-order valence-corrected chi connectivity index (χ4v) is 1.78. The smallest absolute Gasteiger partial charge is 0.118 e. The van der Waals surface area contributed by atoms with Crippen LogP contribution in [0.15, 0.2) is 24.3 Å². The predicted octanol–water partition coefficient (Wildman–Crippen LogP) is 0.750. The normalized spacial score (nSPS) is 12.7. The van der Waals surface area contributed by atoms with E-state index in [4.69, 9.17) is 4.74 Å². The highest BCUT2D eigenvalue weighted by Crippen LogP contribution is 2.11. The first kappa shape index (κ1) is 15.0. The highest BCUT2D eigenvalue weighted by Gasteiger charge is 2.04. The third-order valence-electron chi connectivity index (χ3n) is 2.71. The summed E-state index contributed by atoms with van der Waals surface area (Å²) in [7, 11) is 5.59.